The number of hydrogen-bond donors (Lipinski definition) is 2. The van der Waals surface area contributed by atoms with Crippen LogP contribution in [0, 0.1) is 0 Å². The lowest BCUT2D eigenvalue weighted by molar-refractivity contribution is -0.140. The lowest BCUT2D eigenvalue weighted by Gasteiger charge is -2.12. The number of amides is 1. The van der Waals surface area contributed by atoms with Gasteiger partial charge < -0.3 is 20.0 Å². The molecule has 0 spiro atoms. The maximum Gasteiger partial charge on any atom is 0.433 e. The van der Waals surface area contributed by atoms with Gasteiger partial charge in [-0.3, -0.25) is 4.79 Å². The van der Waals surface area contributed by atoms with Crippen molar-refractivity contribution in [1.82, 2.24) is 9.97 Å². The van der Waals surface area contributed by atoms with Crippen LogP contribution in [-0.2, 0) is 6.18 Å². The predicted molar refractivity (Wildman–Crippen MR) is 106 cm³/mol. The molecule has 0 bridgehead atoms. The van der Waals surface area contributed by atoms with Crippen molar-refractivity contribution in [2.45, 2.75) is 23.1 Å². The number of rotatable bonds is 5. The van der Waals surface area contributed by atoms with E-state index < -0.39 is 27.8 Å². The number of carbonyl (C=O) groups excluding carboxylic acids is 1. The van der Waals surface area contributed by atoms with Gasteiger partial charge in [-0.05, 0) is 31.2 Å². The van der Waals surface area contributed by atoms with Gasteiger partial charge in [-0.25, -0.2) is 9.97 Å². The minimum atomic E-state index is -4.63. The molecule has 0 unspecified atom stereocenters. The largest absolute Gasteiger partial charge is 0.494 e. The summed E-state index contributed by atoms with van der Waals surface area (Å²) in [6, 6.07) is 5.02. The normalized spacial score (nSPS) is 14.0. The highest BCUT2D eigenvalue weighted by Gasteiger charge is 2.33. The average molecular weight is 521 g/mol. The number of oxazole rings is 1. The fraction of sp³-hybridized carbons (Fsp3) is 0.278. The van der Waals surface area contributed by atoms with Gasteiger partial charge in [0.2, 0.25) is 5.89 Å². The van der Waals surface area contributed by atoms with Crippen LogP contribution in [0.15, 0.2) is 28.7 Å². The van der Waals surface area contributed by atoms with Crippen LogP contribution in [0.2, 0.25) is 0 Å². The molecule has 3 N–H and O–H groups in total. The van der Waals surface area contributed by atoms with E-state index in [9.17, 15) is 23.1 Å². The van der Waals surface area contributed by atoms with E-state index in [1.54, 1.807) is 0 Å². The topological polar surface area (TPSA) is 111 Å². The van der Waals surface area contributed by atoms with Gasteiger partial charge in [0.25, 0.3) is 5.91 Å². The molecular weight excluding hydrogens is 506 g/mol. The minimum Gasteiger partial charge on any atom is -0.494 e. The van der Waals surface area contributed by atoms with Gasteiger partial charge in [-0.2, -0.15) is 13.2 Å². The number of aliphatic hydroxyl groups excluding tert-OH is 1. The van der Waals surface area contributed by atoms with Crippen LogP contribution in [-0.4, -0.2) is 34.2 Å². The molecule has 11 heteroatoms. The fourth-order valence-corrected chi connectivity index (χ4v) is 3.15. The smallest absolute Gasteiger partial charge is 0.433 e. The molecule has 154 valence electrons. The third-order valence-corrected chi connectivity index (χ3v) is 5.73. The van der Waals surface area contributed by atoms with Crippen molar-refractivity contribution < 1.29 is 32.2 Å². The van der Waals surface area contributed by atoms with E-state index in [2.05, 4.69) is 9.97 Å². The SMILES string of the molecule is COc1ccc(-c2nc(C(N)=O)c([C@@H](I)[C@@H](C)O)o2)c2ccc(C(F)(F)F)nc12. The van der Waals surface area contributed by atoms with Gasteiger partial charge in [0.05, 0.1) is 17.1 Å². The highest BCUT2D eigenvalue weighted by atomic mass is 127. The number of fused-ring (bicyclic) bond motifs is 1. The molecule has 7 nitrogen and oxygen atoms in total. The Hall–Kier alpha value is -2.41. The summed E-state index contributed by atoms with van der Waals surface area (Å²) in [5, 5.41) is 10.1. The molecule has 0 aliphatic rings. The second kappa shape index (κ2) is 7.78. The zero-order valence-electron chi connectivity index (χ0n) is 15.1. The summed E-state index contributed by atoms with van der Waals surface area (Å²) in [5.41, 5.74) is 4.38. The number of nitrogens with two attached hydrogens (primary N) is 1. The first kappa shape index (κ1) is 21.3. The quantitative estimate of drug-likeness (QED) is 0.390. The number of benzene rings is 1. The van der Waals surface area contributed by atoms with Crippen LogP contribution in [0.4, 0.5) is 13.2 Å². The number of hydrogen-bond acceptors (Lipinski definition) is 6. The van der Waals surface area contributed by atoms with Crippen molar-refractivity contribution in [3.05, 3.63) is 41.4 Å². The van der Waals surface area contributed by atoms with Crippen molar-refractivity contribution in [3.63, 3.8) is 0 Å². The van der Waals surface area contributed by atoms with Gasteiger partial charge in [0.15, 0.2) is 11.5 Å². The van der Waals surface area contributed by atoms with Crippen molar-refractivity contribution in [2.24, 2.45) is 5.73 Å². The Morgan fingerprint density at radius 3 is 2.52 bits per heavy atom. The van der Waals surface area contributed by atoms with Gasteiger partial charge >= 0.3 is 6.18 Å². The molecule has 0 fully saturated rings. The van der Waals surface area contributed by atoms with Crippen LogP contribution in [0.3, 0.4) is 0 Å². The van der Waals surface area contributed by atoms with Gasteiger partial charge in [0.1, 0.15) is 17.0 Å². The van der Waals surface area contributed by atoms with Crippen molar-refractivity contribution in [3.8, 4) is 17.2 Å². The number of halogens is 4. The number of nitrogens with zero attached hydrogens (tertiary/aromatic N) is 2. The van der Waals surface area contributed by atoms with E-state index in [4.69, 9.17) is 14.9 Å². The summed E-state index contributed by atoms with van der Waals surface area (Å²) in [7, 11) is 1.31. The summed E-state index contributed by atoms with van der Waals surface area (Å²) >= 11 is 1.88. The van der Waals surface area contributed by atoms with Crippen LogP contribution >= 0.6 is 22.6 Å². The molecule has 0 saturated heterocycles. The van der Waals surface area contributed by atoms with Crippen LogP contribution in [0.1, 0.15) is 32.8 Å². The van der Waals surface area contributed by atoms with E-state index in [1.807, 2.05) is 22.6 Å². The Labute approximate surface area is 176 Å². The summed E-state index contributed by atoms with van der Waals surface area (Å²) in [5.74, 6) is -0.683. The Bertz CT molecular complexity index is 1080. The Morgan fingerprint density at radius 1 is 1.28 bits per heavy atom. The highest BCUT2D eigenvalue weighted by molar-refractivity contribution is 14.1. The van der Waals surface area contributed by atoms with E-state index in [1.165, 1.54) is 32.2 Å². The average Bonchev–Trinajstić information content (AvgIpc) is 3.10. The second-order valence-corrected chi connectivity index (χ2v) is 7.49. The number of methoxy groups -OCH3 is 1. The summed E-state index contributed by atoms with van der Waals surface area (Å²) in [6.45, 7) is 1.51. The number of pyridine rings is 1. The molecule has 3 rings (SSSR count). The molecular formula is C18H15F3IN3O4. The van der Waals surface area contributed by atoms with E-state index in [0.29, 0.717) is 5.56 Å². The van der Waals surface area contributed by atoms with Crippen LogP contribution < -0.4 is 10.5 Å². The summed E-state index contributed by atoms with van der Waals surface area (Å²) in [4.78, 5) is 19.6. The zero-order valence-corrected chi connectivity index (χ0v) is 17.3. The molecule has 0 aliphatic heterocycles. The molecule has 2 atom stereocenters. The van der Waals surface area contributed by atoms with Gasteiger partial charge in [0, 0.05) is 10.9 Å². The summed E-state index contributed by atoms with van der Waals surface area (Å²) < 4.78 is 49.4. The molecule has 1 amide bonds. The fourth-order valence-electron chi connectivity index (χ4n) is 2.73. The van der Waals surface area contributed by atoms with Gasteiger partial charge in [-0.15, -0.1) is 0 Å². The minimum absolute atomic E-state index is 0.0367. The van der Waals surface area contributed by atoms with Gasteiger partial charge in [-0.1, -0.05) is 22.6 Å². The molecule has 3 aromatic rings. The number of aliphatic hydroxyl groups is 1. The molecule has 2 heterocycles. The molecule has 0 aliphatic carbocycles. The van der Waals surface area contributed by atoms with E-state index in [-0.39, 0.29) is 34.0 Å². The van der Waals surface area contributed by atoms with Crippen molar-refractivity contribution in [1.29, 1.82) is 0 Å². The van der Waals surface area contributed by atoms with Crippen molar-refractivity contribution in [2.75, 3.05) is 7.11 Å². The second-order valence-electron chi connectivity index (χ2n) is 6.14. The van der Waals surface area contributed by atoms with E-state index >= 15 is 0 Å². The monoisotopic (exact) mass is 521 g/mol. The standard InChI is InChI=1S/C18H15F3IN3O4/c1-7(26)12(22)15-14(16(23)27)25-17(29-15)9-3-5-10(28-2)13-8(9)4-6-11(24-13)18(19,20)21/h3-7,12,26H,1-2H3,(H2,23,27)/t7-,12+/m1/s1. The van der Waals surface area contributed by atoms with E-state index in [0.717, 1.165) is 6.07 Å². The highest BCUT2D eigenvalue weighted by Crippen LogP contribution is 2.39. The maximum atomic E-state index is 13.1. The number of aromatic nitrogens is 2. The number of primary amides is 1. The predicted octanol–water partition coefficient (Wildman–Crippen LogP) is 3.87. The first-order valence-corrected chi connectivity index (χ1v) is 9.47. The number of alkyl halides is 4. The first-order chi connectivity index (χ1) is 13.5. The summed E-state index contributed by atoms with van der Waals surface area (Å²) in [6.07, 6.45) is -5.49. The Kier molecular flexibility index (Phi) is 5.72. The third kappa shape index (κ3) is 4.01. The number of ether oxygens (including phenoxy) is 1. The lowest BCUT2D eigenvalue weighted by atomic mass is 10.1. The van der Waals surface area contributed by atoms with Crippen LogP contribution in [0.25, 0.3) is 22.4 Å². The Balaban J connectivity index is 2.25. The first-order valence-electron chi connectivity index (χ1n) is 8.22. The van der Waals surface area contributed by atoms with Crippen molar-refractivity contribution >= 4 is 39.4 Å². The lowest BCUT2D eigenvalue weighted by Crippen LogP contribution is -2.17. The Morgan fingerprint density at radius 2 is 1.97 bits per heavy atom. The van der Waals surface area contributed by atoms with Crippen LogP contribution in [0.5, 0.6) is 5.75 Å². The molecule has 1 aromatic carbocycles. The third-order valence-electron chi connectivity index (χ3n) is 4.12. The maximum absolute atomic E-state index is 13.1. The molecule has 0 radical (unpaired) electrons. The number of carbonyl (C=O) groups is 1. The zero-order chi connectivity index (χ0) is 21.5. The molecule has 29 heavy (non-hydrogen) atoms. The molecule has 2 aromatic heterocycles. The molecule has 0 saturated carbocycles.